The van der Waals surface area contributed by atoms with Crippen LogP contribution >= 0.6 is 12.2 Å². The zero-order chi connectivity index (χ0) is 16.9. The first kappa shape index (κ1) is 16.1. The Kier molecular flexibility index (Phi) is 4.02. The first-order valence-corrected chi connectivity index (χ1v) is 7.19. The van der Waals surface area contributed by atoms with Gasteiger partial charge in [0.15, 0.2) is 6.23 Å². The summed E-state index contributed by atoms with van der Waals surface area (Å²) < 4.78 is 20.7. The van der Waals surface area contributed by atoms with Gasteiger partial charge in [-0.05, 0) is 19.1 Å². The molecule has 2 aromatic heterocycles. The fourth-order valence-corrected chi connectivity index (χ4v) is 2.77. The Morgan fingerprint density at radius 2 is 2.17 bits per heavy atom. The zero-order valence-electron chi connectivity index (χ0n) is 11.9. The summed E-state index contributed by atoms with van der Waals surface area (Å²) in [6.45, 7) is 0.829. The van der Waals surface area contributed by atoms with Crippen molar-refractivity contribution >= 4 is 23.3 Å². The second-order valence-corrected chi connectivity index (χ2v) is 5.68. The molecule has 4 N–H and O–H groups in total. The smallest absolute Gasteiger partial charge is 0.255 e. The predicted molar refractivity (Wildman–Crippen MR) is 78.9 cm³/mol. The SMILES string of the molecule is Cc1c(F)c2cn([C@@H]3O[C@H](CO)C(O)[C@@H]3O)c(=S)nc2[nH]c1=O. The molecule has 0 bridgehead atoms. The van der Waals surface area contributed by atoms with E-state index in [1.807, 2.05) is 0 Å². The highest BCUT2D eigenvalue weighted by atomic mass is 32.1. The topological polar surface area (TPSA) is 121 Å². The lowest BCUT2D eigenvalue weighted by atomic mass is 10.1. The van der Waals surface area contributed by atoms with E-state index in [4.69, 9.17) is 22.1 Å². The van der Waals surface area contributed by atoms with Crippen molar-refractivity contribution in [3.8, 4) is 0 Å². The molecular weight excluding hydrogens is 329 g/mol. The summed E-state index contributed by atoms with van der Waals surface area (Å²) in [5.74, 6) is -0.758. The molecule has 1 aliphatic rings. The van der Waals surface area contributed by atoms with Crippen molar-refractivity contribution in [1.82, 2.24) is 14.5 Å². The highest BCUT2D eigenvalue weighted by Gasteiger charge is 2.43. The number of fused-ring (bicyclic) bond motifs is 1. The van der Waals surface area contributed by atoms with Gasteiger partial charge < -0.3 is 25.0 Å². The number of hydrogen-bond donors (Lipinski definition) is 4. The van der Waals surface area contributed by atoms with Crippen LogP contribution in [0.4, 0.5) is 4.39 Å². The van der Waals surface area contributed by atoms with Crippen LogP contribution in [0.15, 0.2) is 11.0 Å². The number of aromatic nitrogens is 3. The number of aromatic amines is 1. The molecule has 3 heterocycles. The van der Waals surface area contributed by atoms with Crippen molar-refractivity contribution in [2.24, 2.45) is 0 Å². The number of halogens is 1. The zero-order valence-corrected chi connectivity index (χ0v) is 12.7. The van der Waals surface area contributed by atoms with Gasteiger partial charge in [-0.15, -0.1) is 0 Å². The summed E-state index contributed by atoms with van der Waals surface area (Å²) in [5, 5.41) is 29.0. The van der Waals surface area contributed by atoms with Gasteiger partial charge in [0.1, 0.15) is 29.8 Å². The number of aliphatic hydroxyl groups is 3. The quantitative estimate of drug-likeness (QED) is 0.543. The standard InChI is InChI=1S/C13H14FN3O5S/c1-4-7(14)5-2-17(13(23)16-10(5)15-11(4)21)12-9(20)8(19)6(3-18)22-12/h2,6,8-9,12,18-20H,3H2,1H3,(H,15,16,21,23)/t6-,8?,9+,12-/m1/s1. The Bertz CT molecular complexity index is 882. The van der Waals surface area contributed by atoms with Crippen LogP contribution in [0, 0.1) is 17.5 Å². The fraction of sp³-hybridized carbons (Fsp3) is 0.462. The maximum atomic E-state index is 14.3. The molecule has 3 rings (SSSR count). The van der Waals surface area contributed by atoms with Gasteiger partial charge in [-0.3, -0.25) is 9.36 Å². The predicted octanol–water partition coefficient (Wildman–Crippen LogP) is -0.487. The Morgan fingerprint density at radius 3 is 2.78 bits per heavy atom. The summed E-state index contributed by atoms with van der Waals surface area (Å²) in [6.07, 6.45) is -3.55. The molecule has 0 amide bonds. The van der Waals surface area contributed by atoms with Gasteiger partial charge in [0.25, 0.3) is 5.56 Å². The van der Waals surface area contributed by atoms with E-state index >= 15 is 0 Å². The number of H-pyrrole nitrogens is 1. The number of nitrogens with one attached hydrogen (secondary N) is 1. The molecule has 0 saturated carbocycles. The molecule has 0 spiro atoms. The second-order valence-electron chi connectivity index (χ2n) is 5.31. The fourth-order valence-electron chi connectivity index (χ4n) is 2.52. The van der Waals surface area contributed by atoms with Crippen molar-refractivity contribution < 1.29 is 24.4 Å². The van der Waals surface area contributed by atoms with Crippen LogP contribution in [0.3, 0.4) is 0 Å². The van der Waals surface area contributed by atoms with Crippen molar-refractivity contribution in [2.45, 2.75) is 31.5 Å². The molecule has 23 heavy (non-hydrogen) atoms. The number of ether oxygens (including phenoxy) is 1. The molecule has 0 aliphatic carbocycles. The highest BCUT2D eigenvalue weighted by molar-refractivity contribution is 7.71. The lowest BCUT2D eigenvalue weighted by Crippen LogP contribution is -2.33. The van der Waals surface area contributed by atoms with E-state index in [2.05, 4.69) is 9.97 Å². The third-order valence-electron chi connectivity index (χ3n) is 3.88. The summed E-state index contributed by atoms with van der Waals surface area (Å²) in [4.78, 5) is 17.9. The Balaban J connectivity index is 2.18. The van der Waals surface area contributed by atoms with Gasteiger partial charge in [-0.2, -0.15) is 0 Å². The van der Waals surface area contributed by atoms with Crippen molar-refractivity contribution in [3.63, 3.8) is 0 Å². The van der Waals surface area contributed by atoms with E-state index < -0.39 is 42.5 Å². The molecule has 0 aromatic carbocycles. The molecule has 1 unspecified atom stereocenters. The average Bonchev–Trinajstić information content (AvgIpc) is 2.80. The average molecular weight is 343 g/mol. The van der Waals surface area contributed by atoms with Gasteiger partial charge >= 0.3 is 0 Å². The molecule has 4 atom stereocenters. The minimum atomic E-state index is -1.37. The normalized spacial score (nSPS) is 27.7. The first-order valence-electron chi connectivity index (χ1n) is 6.79. The molecule has 1 saturated heterocycles. The van der Waals surface area contributed by atoms with Crippen LogP contribution in [-0.4, -0.2) is 54.8 Å². The first-order chi connectivity index (χ1) is 10.8. The monoisotopic (exact) mass is 343 g/mol. The number of aliphatic hydroxyl groups excluding tert-OH is 3. The summed E-state index contributed by atoms with van der Waals surface area (Å²) in [7, 11) is 0. The second kappa shape index (κ2) is 5.73. The van der Waals surface area contributed by atoms with Crippen LogP contribution < -0.4 is 5.56 Å². The van der Waals surface area contributed by atoms with E-state index in [-0.39, 0.29) is 21.4 Å². The molecular formula is C13H14FN3O5S. The van der Waals surface area contributed by atoms with Crippen LogP contribution in [-0.2, 0) is 4.74 Å². The van der Waals surface area contributed by atoms with Gasteiger partial charge in [0.2, 0.25) is 4.77 Å². The van der Waals surface area contributed by atoms with Crippen LogP contribution in [0.25, 0.3) is 11.0 Å². The molecule has 10 heteroatoms. The number of pyridine rings is 1. The third-order valence-corrected chi connectivity index (χ3v) is 4.18. The van der Waals surface area contributed by atoms with E-state index in [1.165, 1.54) is 17.7 Å². The summed E-state index contributed by atoms with van der Waals surface area (Å²) in [5.41, 5.74) is -0.738. The number of rotatable bonds is 2. The van der Waals surface area contributed by atoms with Gasteiger partial charge in [-0.25, -0.2) is 9.37 Å². The van der Waals surface area contributed by atoms with E-state index in [1.54, 1.807) is 0 Å². The minimum Gasteiger partial charge on any atom is -0.394 e. The molecule has 8 nitrogen and oxygen atoms in total. The van der Waals surface area contributed by atoms with E-state index in [0.29, 0.717) is 0 Å². The highest BCUT2D eigenvalue weighted by Crippen LogP contribution is 2.30. The maximum Gasteiger partial charge on any atom is 0.255 e. The Hall–Kier alpha value is -1.72. The molecule has 1 fully saturated rings. The Morgan fingerprint density at radius 1 is 1.48 bits per heavy atom. The van der Waals surface area contributed by atoms with E-state index in [9.17, 15) is 19.4 Å². The number of nitrogens with zero attached hydrogens (tertiary/aromatic N) is 2. The lowest BCUT2D eigenvalue weighted by Gasteiger charge is -2.19. The van der Waals surface area contributed by atoms with Gasteiger partial charge in [0.05, 0.1) is 17.6 Å². The lowest BCUT2D eigenvalue weighted by molar-refractivity contribution is -0.0539. The van der Waals surface area contributed by atoms with Crippen molar-refractivity contribution in [3.05, 3.63) is 32.7 Å². The third kappa shape index (κ3) is 2.48. The van der Waals surface area contributed by atoms with Crippen LogP contribution in [0.1, 0.15) is 11.8 Å². The van der Waals surface area contributed by atoms with E-state index in [0.717, 1.165) is 0 Å². The summed E-state index contributed by atoms with van der Waals surface area (Å²) in [6, 6.07) is 0. The maximum absolute atomic E-state index is 14.3. The van der Waals surface area contributed by atoms with Crippen LogP contribution in [0.5, 0.6) is 0 Å². The Labute approximate surface area is 133 Å². The molecule has 1 aliphatic heterocycles. The minimum absolute atomic E-state index is 0.00608. The largest absolute Gasteiger partial charge is 0.394 e. The van der Waals surface area contributed by atoms with Gasteiger partial charge in [0, 0.05) is 6.20 Å². The van der Waals surface area contributed by atoms with Crippen LogP contribution in [0.2, 0.25) is 0 Å². The van der Waals surface area contributed by atoms with Crippen molar-refractivity contribution in [2.75, 3.05) is 6.61 Å². The van der Waals surface area contributed by atoms with Crippen molar-refractivity contribution in [1.29, 1.82) is 0 Å². The molecule has 124 valence electrons. The molecule has 0 radical (unpaired) electrons. The number of hydrogen-bond acceptors (Lipinski definition) is 7. The summed E-state index contributed by atoms with van der Waals surface area (Å²) >= 11 is 5.07. The molecule has 2 aromatic rings. The van der Waals surface area contributed by atoms with Gasteiger partial charge in [-0.1, -0.05) is 0 Å².